The molecule has 0 spiro atoms. The van der Waals surface area contributed by atoms with E-state index >= 15 is 0 Å². The average molecular weight is 378 g/mol. The Bertz CT molecular complexity index is 645. The van der Waals surface area contributed by atoms with Gasteiger partial charge in [-0.3, -0.25) is 9.59 Å². The van der Waals surface area contributed by atoms with Gasteiger partial charge in [0.1, 0.15) is 12.2 Å². The number of amides is 2. The second kappa shape index (κ2) is 8.82. The van der Waals surface area contributed by atoms with Gasteiger partial charge >= 0.3 is 0 Å². The molecule has 150 valence electrons. The number of ether oxygens (including phenoxy) is 2. The molecular formula is C20H30N2O5. The Morgan fingerprint density at radius 3 is 2.52 bits per heavy atom. The molecule has 1 heterocycles. The van der Waals surface area contributed by atoms with Crippen molar-refractivity contribution in [2.75, 3.05) is 13.2 Å². The van der Waals surface area contributed by atoms with Gasteiger partial charge in [-0.05, 0) is 25.8 Å². The molecule has 0 aliphatic carbocycles. The minimum absolute atomic E-state index is 0.124. The summed E-state index contributed by atoms with van der Waals surface area (Å²) < 4.78 is 11.4. The number of hydrogen-bond acceptors (Lipinski definition) is 5. The predicted molar refractivity (Wildman–Crippen MR) is 101 cm³/mol. The van der Waals surface area contributed by atoms with Gasteiger partial charge in [0.05, 0.1) is 6.61 Å². The number of carbonyl (C=O) groups excluding carboxylic acids is 2. The van der Waals surface area contributed by atoms with Crippen LogP contribution in [0.4, 0.5) is 0 Å². The number of hydrogen-bond donors (Lipinski definition) is 3. The van der Waals surface area contributed by atoms with Gasteiger partial charge in [0.25, 0.3) is 0 Å². The zero-order chi connectivity index (χ0) is 20.1. The van der Waals surface area contributed by atoms with Crippen molar-refractivity contribution >= 4 is 11.8 Å². The van der Waals surface area contributed by atoms with E-state index in [9.17, 15) is 14.7 Å². The van der Waals surface area contributed by atoms with Crippen molar-refractivity contribution in [2.45, 2.75) is 58.7 Å². The monoisotopic (exact) mass is 378 g/mol. The average Bonchev–Trinajstić information content (AvgIpc) is 2.62. The fourth-order valence-electron chi connectivity index (χ4n) is 2.78. The molecule has 2 atom stereocenters. The summed E-state index contributed by atoms with van der Waals surface area (Å²) in [5, 5.41) is 15.4. The van der Waals surface area contributed by atoms with E-state index < -0.39 is 29.3 Å². The zero-order valence-corrected chi connectivity index (χ0v) is 16.5. The fraction of sp³-hybridized carbons (Fsp3) is 0.600. The third kappa shape index (κ3) is 6.30. The van der Waals surface area contributed by atoms with Gasteiger partial charge in [-0.15, -0.1) is 0 Å². The van der Waals surface area contributed by atoms with Gasteiger partial charge < -0.3 is 25.2 Å². The van der Waals surface area contributed by atoms with E-state index in [4.69, 9.17) is 9.47 Å². The number of nitrogens with one attached hydrogen (secondary N) is 2. The number of aliphatic hydroxyl groups excluding tert-OH is 1. The lowest BCUT2D eigenvalue weighted by Gasteiger charge is -2.44. The van der Waals surface area contributed by atoms with Crippen LogP contribution in [0.5, 0.6) is 0 Å². The SMILES string of the molecule is CC1(C)OCC(C)(C)C(C(=O)NCCC(O)C(=O)NCc2ccccc2)O1. The Morgan fingerprint density at radius 1 is 1.19 bits per heavy atom. The minimum atomic E-state index is -1.19. The first-order valence-electron chi connectivity index (χ1n) is 9.20. The van der Waals surface area contributed by atoms with Crippen molar-refractivity contribution in [1.29, 1.82) is 0 Å². The van der Waals surface area contributed by atoms with Crippen molar-refractivity contribution in [2.24, 2.45) is 5.41 Å². The van der Waals surface area contributed by atoms with Crippen LogP contribution in [0.2, 0.25) is 0 Å². The van der Waals surface area contributed by atoms with Gasteiger partial charge in [-0.2, -0.15) is 0 Å². The molecule has 1 saturated heterocycles. The van der Waals surface area contributed by atoms with Crippen LogP contribution < -0.4 is 10.6 Å². The summed E-state index contributed by atoms with van der Waals surface area (Å²) in [6.45, 7) is 8.27. The second-order valence-corrected chi connectivity index (χ2v) is 7.97. The van der Waals surface area contributed by atoms with Crippen molar-refractivity contribution < 1.29 is 24.2 Å². The summed E-state index contributed by atoms with van der Waals surface area (Å²) in [7, 11) is 0. The molecule has 0 radical (unpaired) electrons. The lowest BCUT2D eigenvalue weighted by molar-refractivity contribution is -0.304. The van der Waals surface area contributed by atoms with Gasteiger partial charge in [0.2, 0.25) is 11.8 Å². The summed E-state index contributed by atoms with van der Waals surface area (Å²) in [6.07, 6.45) is -1.72. The molecule has 1 aromatic rings. The van der Waals surface area contributed by atoms with Crippen LogP contribution in [0.1, 0.15) is 39.7 Å². The summed E-state index contributed by atoms with van der Waals surface area (Å²) >= 11 is 0. The third-order valence-electron chi connectivity index (χ3n) is 4.47. The van der Waals surface area contributed by atoms with Gasteiger partial charge in [0.15, 0.2) is 5.79 Å². The topological polar surface area (TPSA) is 96.9 Å². The molecule has 1 aliphatic rings. The fourth-order valence-corrected chi connectivity index (χ4v) is 2.78. The molecular weight excluding hydrogens is 348 g/mol. The van der Waals surface area contributed by atoms with E-state index in [1.807, 2.05) is 44.2 Å². The standard InChI is InChI=1S/C20H30N2O5/c1-19(2)13-26-20(3,4)27-16(19)18(25)21-11-10-15(23)17(24)22-12-14-8-6-5-7-9-14/h5-9,15-16,23H,10-13H2,1-4H3,(H,21,25)(H,22,24). The van der Waals surface area contributed by atoms with E-state index in [1.165, 1.54) is 0 Å². The van der Waals surface area contributed by atoms with E-state index in [2.05, 4.69) is 10.6 Å². The highest BCUT2D eigenvalue weighted by Crippen LogP contribution is 2.34. The molecule has 0 saturated carbocycles. The minimum Gasteiger partial charge on any atom is -0.383 e. The van der Waals surface area contributed by atoms with E-state index in [0.29, 0.717) is 13.2 Å². The maximum atomic E-state index is 12.5. The molecule has 0 aromatic heterocycles. The Labute approximate surface area is 160 Å². The van der Waals surface area contributed by atoms with E-state index in [1.54, 1.807) is 13.8 Å². The normalized spacial score (nSPS) is 21.9. The van der Waals surface area contributed by atoms with Gasteiger partial charge in [-0.25, -0.2) is 0 Å². The second-order valence-electron chi connectivity index (χ2n) is 7.97. The van der Waals surface area contributed by atoms with Gasteiger partial charge in [0, 0.05) is 18.5 Å². The lowest BCUT2D eigenvalue weighted by Crippen LogP contribution is -2.56. The molecule has 2 unspecified atom stereocenters. The van der Waals surface area contributed by atoms with Crippen LogP contribution in [0.3, 0.4) is 0 Å². The van der Waals surface area contributed by atoms with Crippen molar-refractivity contribution in [3.63, 3.8) is 0 Å². The maximum Gasteiger partial charge on any atom is 0.249 e. The van der Waals surface area contributed by atoms with Crippen molar-refractivity contribution in [1.82, 2.24) is 10.6 Å². The quantitative estimate of drug-likeness (QED) is 0.665. The number of benzene rings is 1. The van der Waals surface area contributed by atoms with Crippen LogP contribution in [0, 0.1) is 5.41 Å². The van der Waals surface area contributed by atoms with E-state index in [-0.39, 0.29) is 18.9 Å². The molecule has 27 heavy (non-hydrogen) atoms. The Hall–Kier alpha value is -1.96. The van der Waals surface area contributed by atoms with Crippen LogP contribution in [-0.2, 0) is 25.6 Å². The van der Waals surface area contributed by atoms with E-state index in [0.717, 1.165) is 5.56 Å². The third-order valence-corrected chi connectivity index (χ3v) is 4.47. The lowest BCUT2D eigenvalue weighted by atomic mass is 9.85. The number of carbonyl (C=O) groups is 2. The summed E-state index contributed by atoms with van der Waals surface area (Å²) in [6, 6.07) is 9.45. The first kappa shape index (κ1) is 21.3. The smallest absolute Gasteiger partial charge is 0.249 e. The molecule has 3 N–H and O–H groups in total. The maximum absolute atomic E-state index is 12.5. The molecule has 1 fully saturated rings. The van der Waals surface area contributed by atoms with Crippen LogP contribution >= 0.6 is 0 Å². The highest BCUT2D eigenvalue weighted by molar-refractivity contribution is 5.82. The van der Waals surface area contributed by atoms with Crippen LogP contribution in [-0.4, -0.2) is 48.1 Å². The highest BCUT2D eigenvalue weighted by Gasteiger charge is 2.45. The molecule has 7 nitrogen and oxygen atoms in total. The molecule has 1 aromatic carbocycles. The first-order valence-corrected chi connectivity index (χ1v) is 9.20. The van der Waals surface area contributed by atoms with Crippen molar-refractivity contribution in [3.05, 3.63) is 35.9 Å². The summed E-state index contributed by atoms with van der Waals surface area (Å²) in [4.78, 5) is 24.5. The van der Waals surface area contributed by atoms with Crippen molar-refractivity contribution in [3.8, 4) is 0 Å². The molecule has 2 rings (SSSR count). The highest BCUT2D eigenvalue weighted by atomic mass is 16.7. The molecule has 2 amide bonds. The Balaban J connectivity index is 1.75. The molecule has 7 heteroatoms. The van der Waals surface area contributed by atoms with Gasteiger partial charge in [-0.1, -0.05) is 44.2 Å². The van der Waals surface area contributed by atoms with Crippen LogP contribution in [0.25, 0.3) is 0 Å². The Kier molecular flexibility index (Phi) is 6.97. The first-order chi connectivity index (χ1) is 12.6. The Morgan fingerprint density at radius 2 is 1.85 bits per heavy atom. The number of rotatable bonds is 7. The zero-order valence-electron chi connectivity index (χ0n) is 16.5. The summed E-state index contributed by atoms with van der Waals surface area (Å²) in [5.74, 6) is -1.56. The largest absolute Gasteiger partial charge is 0.383 e. The molecule has 0 bridgehead atoms. The number of aliphatic hydroxyl groups is 1. The molecule has 1 aliphatic heterocycles. The van der Waals surface area contributed by atoms with Crippen LogP contribution in [0.15, 0.2) is 30.3 Å². The predicted octanol–water partition coefficient (Wildman–Crippen LogP) is 1.35. The summed E-state index contributed by atoms with van der Waals surface area (Å²) in [5.41, 5.74) is 0.485.